The molecule has 0 unspecified atom stereocenters. The van der Waals surface area contributed by atoms with Crippen molar-refractivity contribution in [3.05, 3.63) is 76.0 Å². The number of benzene rings is 2. The van der Waals surface area contributed by atoms with E-state index in [0.717, 1.165) is 35.4 Å². The number of nitrogens with zero attached hydrogens (tertiary/aromatic N) is 4. The summed E-state index contributed by atoms with van der Waals surface area (Å²) < 4.78 is 71.9. The average molecular weight is 556 g/mol. The smallest absolute Gasteiger partial charge is 0.435 e. The van der Waals surface area contributed by atoms with E-state index in [1.165, 1.54) is 12.1 Å². The molecular formula is C22H19F3N4O8S. The summed E-state index contributed by atoms with van der Waals surface area (Å²) >= 11 is 0. The fourth-order valence-corrected chi connectivity index (χ4v) is 4.40. The number of aryl methyl sites for hydroxylation is 1. The van der Waals surface area contributed by atoms with E-state index in [1.807, 2.05) is 6.92 Å². The molecule has 1 aromatic heterocycles. The number of alkyl halides is 3. The van der Waals surface area contributed by atoms with E-state index in [2.05, 4.69) is 14.7 Å². The first kappa shape index (κ1) is 28.1. The Balaban J connectivity index is 1.92. The van der Waals surface area contributed by atoms with Crippen molar-refractivity contribution in [2.45, 2.75) is 24.9 Å². The highest BCUT2D eigenvalue weighted by atomic mass is 32.2. The average Bonchev–Trinajstić information content (AvgIpc) is 3.29. The molecule has 16 heteroatoms. The Morgan fingerprint density at radius 3 is 2.24 bits per heavy atom. The third-order valence-corrected chi connectivity index (χ3v) is 6.81. The maximum absolute atomic E-state index is 13.4. The molecule has 2 aromatic carbocycles. The molecule has 38 heavy (non-hydrogen) atoms. The number of sulfonamides is 1. The zero-order valence-corrected chi connectivity index (χ0v) is 20.5. The van der Waals surface area contributed by atoms with Crippen molar-refractivity contribution in [1.29, 1.82) is 0 Å². The van der Waals surface area contributed by atoms with Crippen molar-refractivity contribution in [1.82, 2.24) is 14.1 Å². The van der Waals surface area contributed by atoms with E-state index < -0.39 is 57.1 Å². The normalized spacial score (nSPS) is 11.6. The van der Waals surface area contributed by atoms with Gasteiger partial charge in [0.05, 0.1) is 16.3 Å². The Hall–Kier alpha value is -4.47. The largest absolute Gasteiger partial charge is 0.442 e. The molecule has 0 aliphatic carbocycles. The van der Waals surface area contributed by atoms with Gasteiger partial charge in [0, 0.05) is 12.5 Å². The maximum atomic E-state index is 13.4. The highest BCUT2D eigenvalue weighted by Crippen LogP contribution is 2.33. The Kier molecular flexibility index (Phi) is 8.04. The van der Waals surface area contributed by atoms with Gasteiger partial charge in [-0.3, -0.25) is 4.79 Å². The molecule has 0 fully saturated rings. The lowest BCUT2D eigenvalue weighted by atomic mass is 10.1. The van der Waals surface area contributed by atoms with Gasteiger partial charge in [-0.2, -0.15) is 22.6 Å². The first-order valence-corrected chi connectivity index (χ1v) is 11.9. The van der Waals surface area contributed by atoms with Crippen LogP contribution in [0.2, 0.25) is 0 Å². The molecule has 3 rings (SSSR count). The van der Waals surface area contributed by atoms with Crippen LogP contribution in [0, 0.1) is 17.0 Å². The first-order chi connectivity index (χ1) is 17.7. The predicted molar refractivity (Wildman–Crippen MR) is 122 cm³/mol. The number of esters is 1. The molecule has 0 atom stereocenters. The van der Waals surface area contributed by atoms with Gasteiger partial charge in [-0.1, -0.05) is 29.8 Å². The molecule has 0 bridgehead atoms. The van der Waals surface area contributed by atoms with E-state index in [9.17, 15) is 41.3 Å². The summed E-state index contributed by atoms with van der Waals surface area (Å²) in [4.78, 5) is 37.0. The van der Waals surface area contributed by atoms with Crippen LogP contribution in [0.15, 0.2) is 59.5 Å². The summed E-state index contributed by atoms with van der Waals surface area (Å²) in [6.45, 7) is 0.474. The summed E-state index contributed by atoms with van der Waals surface area (Å²) in [7, 11) is -4.59. The first-order valence-electron chi connectivity index (χ1n) is 10.5. The molecule has 0 N–H and O–H groups in total. The van der Waals surface area contributed by atoms with E-state index in [4.69, 9.17) is 0 Å². The monoisotopic (exact) mass is 556 g/mol. The van der Waals surface area contributed by atoms with E-state index >= 15 is 0 Å². The molecule has 202 valence electrons. The Morgan fingerprint density at radius 1 is 1.11 bits per heavy atom. The topological polar surface area (TPSA) is 151 Å². The quantitative estimate of drug-likeness (QED) is 0.168. The van der Waals surface area contributed by atoms with Gasteiger partial charge >= 0.3 is 12.1 Å². The van der Waals surface area contributed by atoms with E-state index in [0.29, 0.717) is 5.56 Å². The summed E-state index contributed by atoms with van der Waals surface area (Å²) in [5.74, 6) is -2.35. The summed E-state index contributed by atoms with van der Waals surface area (Å²) in [5.41, 5.74) is 0.350. The molecule has 0 aliphatic rings. The summed E-state index contributed by atoms with van der Waals surface area (Å²) in [6, 6.07) is 12.0. The van der Waals surface area contributed by atoms with Crippen LogP contribution >= 0.6 is 0 Å². The molecule has 1 heterocycles. The zero-order chi connectivity index (χ0) is 28.3. The Bertz CT molecular complexity index is 1450. The molecular weight excluding hydrogens is 537 g/mol. The number of ether oxygens (including phenoxy) is 1. The molecule has 12 nitrogen and oxygen atoms in total. The molecule has 0 spiro atoms. The fourth-order valence-electron chi connectivity index (χ4n) is 3.14. The number of hydrogen-bond acceptors (Lipinski definition) is 9. The van der Waals surface area contributed by atoms with Gasteiger partial charge in [-0.25, -0.2) is 17.9 Å². The minimum absolute atomic E-state index is 0.0905. The van der Waals surface area contributed by atoms with Crippen LogP contribution in [0.25, 0.3) is 16.9 Å². The van der Waals surface area contributed by atoms with Crippen molar-refractivity contribution >= 4 is 21.9 Å². The highest BCUT2D eigenvalue weighted by molar-refractivity contribution is 7.89. The van der Waals surface area contributed by atoms with Gasteiger partial charge in [0.25, 0.3) is 15.1 Å². The standard InChI is InChI=1S/C22H19F3N4O8S/c1-14-3-5-16(6-4-14)19-11-20(22(23,24)25)26-28(19)17-7-9-18(10-8-17)38(34,35)27(15(2)30)13-36-21(31)12-37-29(32)33/h3-11H,12-13H2,1-2H3. The lowest BCUT2D eigenvalue weighted by Gasteiger charge is -2.20. The number of rotatable bonds is 9. The highest BCUT2D eigenvalue weighted by Gasteiger charge is 2.35. The summed E-state index contributed by atoms with van der Waals surface area (Å²) in [6.07, 6.45) is -4.74. The van der Waals surface area contributed by atoms with Gasteiger partial charge < -0.3 is 9.57 Å². The second-order valence-corrected chi connectivity index (χ2v) is 9.56. The van der Waals surface area contributed by atoms with Crippen LogP contribution in [0.3, 0.4) is 0 Å². The second kappa shape index (κ2) is 10.9. The Morgan fingerprint density at radius 2 is 1.71 bits per heavy atom. The predicted octanol–water partition coefficient (Wildman–Crippen LogP) is 3.11. The summed E-state index contributed by atoms with van der Waals surface area (Å²) in [5, 5.41) is 12.5. The number of carbonyl (C=O) groups is 2. The van der Waals surface area contributed by atoms with Crippen LogP contribution in [-0.4, -0.2) is 52.8 Å². The van der Waals surface area contributed by atoms with Gasteiger partial charge in [0.1, 0.15) is 0 Å². The number of hydrogen-bond donors (Lipinski definition) is 0. The van der Waals surface area contributed by atoms with Crippen LogP contribution in [0.5, 0.6) is 0 Å². The molecule has 1 amide bonds. The molecule has 0 saturated carbocycles. The van der Waals surface area contributed by atoms with Crippen molar-refractivity contribution in [3.63, 3.8) is 0 Å². The third kappa shape index (κ3) is 6.44. The number of carbonyl (C=O) groups excluding carboxylic acids is 2. The van der Waals surface area contributed by atoms with E-state index in [-0.39, 0.29) is 15.7 Å². The Labute approximate surface area is 213 Å². The van der Waals surface area contributed by atoms with Gasteiger partial charge in [-0.05, 0) is 37.3 Å². The lowest BCUT2D eigenvalue weighted by molar-refractivity contribution is -0.754. The maximum Gasteiger partial charge on any atom is 0.435 e. The SMILES string of the molecule is CC(=O)N(COC(=O)CO[N+](=O)[O-])S(=O)(=O)c1ccc(-n2nc(C(F)(F)F)cc2-c2ccc(C)cc2)cc1. The van der Waals surface area contributed by atoms with Crippen LogP contribution in [0.4, 0.5) is 13.2 Å². The molecule has 0 radical (unpaired) electrons. The number of amides is 1. The fraction of sp³-hybridized carbons (Fsp3) is 0.227. The number of aromatic nitrogens is 2. The van der Waals surface area contributed by atoms with Gasteiger partial charge in [0.15, 0.2) is 19.0 Å². The zero-order valence-electron chi connectivity index (χ0n) is 19.7. The lowest BCUT2D eigenvalue weighted by Crippen LogP contribution is -2.38. The number of halogens is 3. The van der Waals surface area contributed by atoms with Crippen LogP contribution < -0.4 is 0 Å². The van der Waals surface area contributed by atoms with E-state index in [1.54, 1.807) is 24.3 Å². The van der Waals surface area contributed by atoms with Crippen molar-refractivity contribution in [2.75, 3.05) is 13.3 Å². The molecule has 3 aromatic rings. The minimum Gasteiger partial charge on any atom is -0.442 e. The van der Waals surface area contributed by atoms with Crippen LogP contribution in [0.1, 0.15) is 18.2 Å². The molecule has 0 aliphatic heterocycles. The molecule has 0 saturated heterocycles. The van der Waals surface area contributed by atoms with Gasteiger partial charge in [0.2, 0.25) is 5.91 Å². The van der Waals surface area contributed by atoms with Crippen molar-refractivity contribution in [2.24, 2.45) is 0 Å². The van der Waals surface area contributed by atoms with Gasteiger partial charge in [-0.15, -0.1) is 10.1 Å². The van der Waals surface area contributed by atoms with Crippen molar-refractivity contribution < 1.29 is 45.8 Å². The van der Waals surface area contributed by atoms with Crippen molar-refractivity contribution in [3.8, 4) is 16.9 Å². The minimum atomic E-state index is -4.74. The second-order valence-electron chi connectivity index (χ2n) is 7.70. The van der Waals surface area contributed by atoms with Crippen LogP contribution in [-0.2, 0) is 35.4 Å². The third-order valence-electron chi connectivity index (χ3n) is 5.00.